The Morgan fingerprint density at radius 3 is 2.11 bits per heavy atom. The number of ether oxygens (including phenoxy) is 1. The summed E-state index contributed by atoms with van der Waals surface area (Å²) in [5.41, 5.74) is 4.26. The van der Waals surface area contributed by atoms with Gasteiger partial charge in [0, 0.05) is 5.69 Å². The molecule has 0 aromatic heterocycles. The van der Waals surface area contributed by atoms with Crippen LogP contribution in [-0.4, -0.2) is 17.8 Å². The van der Waals surface area contributed by atoms with Crippen molar-refractivity contribution in [3.63, 3.8) is 0 Å². The zero-order valence-corrected chi connectivity index (χ0v) is 21.6. The van der Waals surface area contributed by atoms with Gasteiger partial charge in [0.15, 0.2) is 0 Å². The topological polar surface area (TPSA) is 75.7 Å². The van der Waals surface area contributed by atoms with Crippen LogP contribution in [-0.2, 0) is 15.0 Å². The van der Waals surface area contributed by atoms with Crippen molar-refractivity contribution < 1.29 is 19.1 Å². The molecule has 1 aliphatic heterocycles. The molecule has 0 saturated carbocycles. The van der Waals surface area contributed by atoms with E-state index in [2.05, 4.69) is 26.1 Å². The Balaban J connectivity index is 1.46. The lowest BCUT2D eigenvalue weighted by Gasteiger charge is -2.19. The highest BCUT2D eigenvalue weighted by molar-refractivity contribution is 6.53. The second-order valence-electron chi connectivity index (χ2n) is 9.79. The number of carbonyl (C=O) groups excluding carboxylic acids is 3. The fourth-order valence-corrected chi connectivity index (χ4v) is 4.12. The number of anilines is 2. The zero-order valence-electron chi connectivity index (χ0n) is 20.8. The van der Waals surface area contributed by atoms with Gasteiger partial charge in [0.05, 0.1) is 11.3 Å². The molecule has 3 aromatic rings. The summed E-state index contributed by atoms with van der Waals surface area (Å²) in [6.45, 7) is 10.1. The van der Waals surface area contributed by atoms with Crippen molar-refractivity contribution in [3.05, 3.63) is 99.7 Å². The van der Waals surface area contributed by atoms with E-state index in [9.17, 15) is 14.4 Å². The number of hydrogen-bond donors (Lipinski definition) is 1. The molecule has 1 N–H and O–H groups in total. The molecule has 1 heterocycles. The van der Waals surface area contributed by atoms with E-state index in [1.165, 1.54) is 0 Å². The van der Waals surface area contributed by atoms with Gasteiger partial charge in [-0.25, -0.2) is 9.69 Å². The van der Waals surface area contributed by atoms with Crippen LogP contribution in [0, 0.1) is 13.8 Å². The monoisotopic (exact) mass is 502 g/mol. The van der Waals surface area contributed by atoms with Crippen molar-refractivity contribution in [2.24, 2.45) is 0 Å². The Morgan fingerprint density at radius 2 is 1.53 bits per heavy atom. The Kier molecular flexibility index (Phi) is 6.74. The van der Waals surface area contributed by atoms with Crippen LogP contribution in [0.3, 0.4) is 0 Å². The SMILES string of the molecule is Cc1ccc(N2C(=O)C(Cl)=C(Nc3ccc(C(=O)Oc4ccc(C(C)(C)C)cc4)cc3)C2=O)c(C)c1. The molecule has 0 radical (unpaired) electrons. The Bertz CT molecular complexity index is 1380. The lowest BCUT2D eigenvalue weighted by atomic mass is 9.87. The maximum atomic E-state index is 13.1. The number of aryl methyl sites for hydroxylation is 2. The Morgan fingerprint density at radius 1 is 0.889 bits per heavy atom. The molecule has 184 valence electrons. The number of halogens is 1. The van der Waals surface area contributed by atoms with Crippen LogP contribution in [0.4, 0.5) is 11.4 Å². The minimum Gasteiger partial charge on any atom is -0.423 e. The van der Waals surface area contributed by atoms with Crippen molar-refractivity contribution in [3.8, 4) is 5.75 Å². The van der Waals surface area contributed by atoms with Gasteiger partial charge in [-0.15, -0.1) is 0 Å². The van der Waals surface area contributed by atoms with Gasteiger partial charge >= 0.3 is 5.97 Å². The molecular formula is C29H27ClN2O4. The first-order chi connectivity index (χ1) is 17.0. The fraction of sp³-hybridized carbons (Fsp3) is 0.207. The van der Waals surface area contributed by atoms with Gasteiger partial charge in [-0.2, -0.15) is 0 Å². The Hall–Kier alpha value is -3.90. The van der Waals surface area contributed by atoms with Crippen LogP contribution >= 0.6 is 11.6 Å². The van der Waals surface area contributed by atoms with E-state index in [1.807, 2.05) is 38.1 Å². The smallest absolute Gasteiger partial charge is 0.343 e. The molecule has 0 spiro atoms. The minimum absolute atomic E-state index is 0.00498. The molecule has 2 amide bonds. The van der Waals surface area contributed by atoms with Gasteiger partial charge in [-0.1, -0.05) is 62.2 Å². The molecule has 0 atom stereocenters. The van der Waals surface area contributed by atoms with E-state index in [4.69, 9.17) is 16.3 Å². The van der Waals surface area contributed by atoms with Gasteiger partial charge in [0.1, 0.15) is 16.5 Å². The molecule has 36 heavy (non-hydrogen) atoms. The van der Waals surface area contributed by atoms with Gasteiger partial charge in [-0.05, 0) is 72.9 Å². The molecule has 0 bridgehead atoms. The predicted molar refractivity (Wildman–Crippen MR) is 141 cm³/mol. The van der Waals surface area contributed by atoms with Crippen molar-refractivity contribution in [1.29, 1.82) is 0 Å². The number of esters is 1. The third-order valence-electron chi connectivity index (χ3n) is 5.94. The molecule has 4 rings (SSSR count). The van der Waals surface area contributed by atoms with Crippen molar-refractivity contribution in [2.45, 2.75) is 40.0 Å². The summed E-state index contributed by atoms with van der Waals surface area (Å²) in [6, 6.07) is 19.3. The number of rotatable bonds is 5. The maximum Gasteiger partial charge on any atom is 0.343 e. The van der Waals surface area contributed by atoms with Gasteiger partial charge in [0.2, 0.25) is 0 Å². The number of hydrogen-bond acceptors (Lipinski definition) is 5. The van der Waals surface area contributed by atoms with Crippen molar-refractivity contribution in [1.82, 2.24) is 0 Å². The lowest BCUT2D eigenvalue weighted by molar-refractivity contribution is -0.120. The summed E-state index contributed by atoms with van der Waals surface area (Å²) in [4.78, 5) is 39.5. The van der Waals surface area contributed by atoms with Gasteiger partial charge < -0.3 is 10.1 Å². The largest absolute Gasteiger partial charge is 0.423 e. The molecular weight excluding hydrogens is 476 g/mol. The first-order valence-electron chi connectivity index (χ1n) is 11.5. The normalized spacial score (nSPS) is 13.9. The standard InChI is InChI=1S/C29H27ClN2O4/c1-17-6-15-23(18(2)16-17)32-26(33)24(30)25(27(32)34)31-21-11-7-19(8-12-21)28(35)36-22-13-9-20(10-14-22)29(3,4)5/h6-16,31H,1-5H3. The first kappa shape index (κ1) is 25.2. The van der Waals surface area contributed by atoms with E-state index in [0.717, 1.165) is 21.6 Å². The van der Waals surface area contributed by atoms with E-state index < -0.39 is 17.8 Å². The summed E-state index contributed by atoms with van der Waals surface area (Å²) < 4.78 is 5.48. The first-order valence-corrected chi connectivity index (χ1v) is 11.9. The van der Waals surface area contributed by atoms with E-state index in [-0.39, 0.29) is 16.1 Å². The molecule has 0 saturated heterocycles. The maximum absolute atomic E-state index is 13.1. The van der Waals surface area contributed by atoms with Crippen LogP contribution in [0.1, 0.15) is 47.8 Å². The fourth-order valence-electron chi connectivity index (χ4n) is 3.91. The summed E-state index contributed by atoms with van der Waals surface area (Å²) in [5.74, 6) is -1.18. The van der Waals surface area contributed by atoms with Crippen LogP contribution in [0.2, 0.25) is 0 Å². The highest BCUT2D eigenvalue weighted by Gasteiger charge is 2.39. The molecule has 7 heteroatoms. The average Bonchev–Trinajstić information content (AvgIpc) is 3.03. The number of carbonyl (C=O) groups is 3. The summed E-state index contributed by atoms with van der Waals surface area (Å²) in [5, 5.41) is 2.73. The average molecular weight is 503 g/mol. The van der Waals surface area contributed by atoms with Gasteiger partial charge in [-0.3, -0.25) is 9.59 Å². The van der Waals surface area contributed by atoms with E-state index in [0.29, 0.717) is 22.7 Å². The Labute approximate surface area is 215 Å². The molecule has 0 aliphatic carbocycles. The molecule has 1 aliphatic rings. The van der Waals surface area contributed by atoms with Crippen molar-refractivity contribution in [2.75, 3.05) is 10.2 Å². The zero-order chi connectivity index (χ0) is 26.2. The number of benzene rings is 3. The summed E-state index contributed by atoms with van der Waals surface area (Å²) >= 11 is 6.24. The molecule has 6 nitrogen and oxygen atoms in total. The molecule has 0 fully saturated rings. The molecule has 3 aromatic carbocycles. The number of nitrogens with zero attached hydrogens (tertiary/aromatic N) is 1. The lowest BCUT2D eigenvalue weighted by Crippen LogP contribution is -2.32. The van der Waals surface area contributed by atoms with Crippen LogP contribution in [0.25, 0.3) is 0 Å². The number of nitrogens with one attached hydrogen (secondary N) is 1. The third-order valence-corrected chi connectivity index (χ3v) is 6.29. The summed E-state index contributed by atoms with van der Waals surface area (Å²) in [7, 11) is 0. The van der Waals surface area contributed by atoms with Crippen LogP contribution < -0.4 is 15.0 Å². The quantitative estimate of drug-likeness (QED) is 0.253. The highest BCUT2D eigenvalue weighted by Crippen LogP contribution is 2.32. The third kappa shape index (κ3) is 5.04. The second-order valence-corrected chi connectivity index (χ2v) is 10.2. The van der Waals surface area contributed by atoms with E-state index >= 15 is 0 Å². The number of imide groups is 1. The second kappa shape index (κ2) is 9.63. The predicted octanol–water partition coefficient (Wildman–Crippen LogP) is 6.26. The van der Waals surface area contributed by atoms with Crippen LogP contribution in [0.15, 0.2) is 77.5 Å². The molecule has 0 unspecified atom stereocenters. The summed E-state index contributed by atoms with van der Waals surface area (Å²) in [6.07, 6.45) is 0. The van der Waals surface area contributed by atoms with Crippen LogP contribution in [0.5, 0.6) is 5.75 Å². The van der Waals surface area contributed by atoms with Crippen molar-refractivity contribution >= 4 is 40.8 Å². The highest BCUT2D eigenvalue weighted by atomic mass is 35.5. The number of amides is 2. The minimum atomic E-state index is -0.589. The van der Waals surface area contributed by atoms with E-state index in [1.54, 1.807) is 42.5 Å². The van der Waals surface area contributed by atoms with Gasteiger partial charge in [0.25, 0.3) is 11.8 Å².